The highest BCUT2D eigenvalue weighted by atomic mass is 19.4. The van der Waals surface area contributed by atoms with Crippen molar-refractivity contribution in [3.8, 4) is 0 Å². The average Bonchev–Trinajstić information content (AvgIpc) is 3.50. The van der Waals surface area contributed by atoms with E-state index in [0.29, 0.717) is 48.3 Å². The van der Waals surface area contributed by atoms with Gasteiger partial charge in [0.1, 0.15) is 11.0 Å². The maximum absolute atomic E-state index is 12.9. The first-order valence-corrected chi connectivity index (χ1v) is 10.5. The third-order valence-electron chi connectivity index (χ3n) is 6.30. The first-order valence-electron chi connectivity index (χ1n) is 10.5. The van der Waals surface area contributed by atoms with Crippen molar-refractivity contribution in [1.82, 2.24) is 25.2 Å². The highest BCUT2D eigenvalue weighted by molar-refractivity contribution is 5.97. The van der Waals surface area contributed by atoms with Gasteiger partial charge < -0.3 is 9.80 Å². The summed E-state index contributed by atoms with van der Waals surface area (Å²) in [5, 5.41) is 10.5. The van der Waals surface area contributed by atoms with E-state index in [1.54, 1.807) is 23.1 Å². The minimum atomic E-state index is -4.39. The number of aromatic nitrogens is 3. The normalized spacial score (nSPS) is 20.7. The van der Waals surface area contributed by atoms with Crippen molar-refractivity contribution in [2.75, 3.05) is 26.2 Å². The van der Waals surface area contributed by atoms with Crippen LogP contribution in [0.25, 0.3) is 17.1 Å². The number of aromatic amines is 1. The standard InChI is InChI=1S/C23H20F3N5O2/c24-23(25,26)18-5-1-14(2-6-18)3-8-21(32)30-10-16-12-31(13-17(16)11-30)22(33)15-4-7-19-20(9-15)28-29-27-19/h1-9,16-17H,10-13H2,(H,27,28,29)/b8-3+/t16-,17?/m1/s1. The zero-order valence-corrected chi connectivity index (χ0v) is 17.4. The maximum atomic E-state index is 12.9. The Morgan fingerprint density at radius 3 is 2.21 bits per heavy atom. The summed E-state index contributed by atoms with van der Waals surface area (Å²) in [4.78, 5) is 29.0. The van der Waals surface area contributed by atoms with Crippen LogP contribution < -0.4 is 0 Å². The van der Waals surface area contributed by atoms with Crippen LogP contribution >= 0.6 is 0 Å². The number of fused-ring (bicyclic) bond motifs is 2. The first-order chi connectivity index (χ1) is 15.8. The number of nitrogens with zero attached hydrogens (tertiary/aromatic N) is 4. The van der Waals surface area contributed by atoms with Crippen molar-refractivity contribution in [2.24, 2.45) is 11.8 Å². The van der Waals surface area contributed by atoms with Gasteiger partial charge in [0.2, 0.25) is 5.91 Å². The Hall–Kier alpha value is -3.69. The topological polar surface area (TPSA) is 82.2 Å². The van der Waals surface area contributed by atoms with E-state index in [-0.39, 0.29) is 23.7 Å². The molecule has 1 N–H and O–H groups in total. The smallest absolute Gasteiger partial charge is 0.338 e. The second-order valence-corrected chi connectivity index (χ2v) is 8.45. The molecule has 2 amide bonds. The van der Waals surface area contributed by atoms with E-state index in [2.05, 4.69) is 15.4 Å². The number of amides is 2. The summed E-state index contributed by atoms with van der Waals surface area (Å²) in [5.74, 6) is 0.161. The summed E-state index contributed by atoms with van der Waals surface area (Å²) in [5.41, 5.74) is 1.69. The molecule has 0 spiro atoms. The Morgan fingerprint density at radius 1 is 0.909 bits per heavy atom. The molecule has 0 aliphatic carbocycles. The van der Waals surface area contributed by atoms with E-state index in [1.165, 1.54) is 24.3 Å². The average molecular weight is 455 g/mol. The lowest BCUT2D eigenvalue weighted by Gasteiger charge is -2.21. The lowest BCUT2D eigenvalue weighted by atomic mass is 10.0. The quantitative estimate of drug-likeness (QED) is 0.615. The van der Waals surface area contributed by atoms with Gasteiger partial charge in [-0.1, -0.05) is 12.1 Å². The number of likely N-dealkylation sites (tertiary alicyclic amines) is 2. The molecule has 7 nitrogen and oxygen atoms in total. The van der Waals surface area contributed by atoms with Gasteiger partial charge >= 0.3 is 6.18 Å². The van der Waals surface area contributed by atoms with E-state index in [0.717, 1.165) is 12.1 Å². The maximum Gasteiger partial charge on any atom is 0.416 e. The summed E-state index contributed by atoms with van der Waals surface area (Å²) < 4.78 is 38.0. The number of carbonyl (C=O) groups is 2. The second kappa shape index (κ2) is 8.02. The van der Waals surface area contributed by atoms with Crippen molar-refractivity contribution in [2.45, 2.75) is 6.18 Å². The van der Waals surface area contributed by atoms with Gasteiger partial charge in [0.15, 0.2) is 0 Å². The highest BCUT2D eigenvalue weighted by Gasteiger charge is 2.42. The molecule has 2 aliphatic heterocycles. The minimum Gasteiger partial charge on any atom is -0.338 e. The molecule has 0 bridgehead atoms. The van der Waals surface area contributed by atoms with Gasteiger partial charge in [0.25, 0.3) is 5.91 Å². The molecule has 0 saturated carbocycles. The number of carbonyl (C=O) groups excluding carboxylic acids is 2. The number of rotatable bonds is 3. The fourth-order valence-electron chi connectivity index (χ4n) is 4.55. The van der Waals surface area contributed by atoms with Crippen LogP contribution in [0.15, 0.2) is 48.5 Å². The number of hydrogen-bond donors (Lipinski definition) is 1. The van der Waals surface area contributed by atoms with Gasteiger partial charge in [-0.15, -0.1) is 0 Å². The van der Waals surface area contributed by atoms with E-state index in [1.807, 2.05) is 4.90 Å². The number of nitrogens with one attached hydrogen (secondary N) is 1. The monoisotopic (exact) mass is 455 g/mol. The molecule has 170 valence electrons. The zero-order chi connectivity index (χ0) is 23.2. The van der Waals surface area contributed by atoms with Gasteiger partial charge in [-0.25, -0.2) is 0 Å². The third kappa shape index (κ3) is 4.20. The van der Waals surface area contributed by atoms with Gasteiger partial charge in [-0.3, -0.25) is 9.59 Å². The molecule has 2 atom stereocenters. The molecule has 2 fully saturated rings. The summed E-state index contributed by atoms with van der Waals surface area (Å²) in [6.07, 6.45) is -1.48. The fourth-order valence-corrected chi connectivity index (χ4v) is 4.55. The SMILES string of the molecule is O=C(/C=C/c1ccc(C(F)(F)F)cc1)N1CC2CN(C(=O)c3ccc4n[nH]nc4c3)C[C@H]2C1. The minimum absolute atomic E-state index is 0.0608. The molecule has 1 unspecified atom stereocenters. The predicted molar refractivity (Wildman–Crippen MR) is 114 cm³/mol. The number of halogens is 3. The van der Waals surface area contributed by atoms with Crippen LogP contribution in [0.5, 0.6) is 0 Å². The number of alkyl halides is 3. The van der Waals surface area contributed by atoms with E-state index >= 15 is 0 Å². The summed E-state index contributed by atoms with van der Waals surface area (Å²) in [7, 11) is 0. The van der Waals surface area contributed by atoms with Crippen molar-refractivity contribution in [1.29, 1.82) is 0 Å². The van der Waals surface area contributed by atoms with Crippen LogP contribution in [-0.2, 0) is 11.0 Å². The van der Waals surface area contributed by atoms with Gasteiger partial charge in [-0.05, 0) is 42.0 Å². The summed E-state index contributed by atoms with van der Waals surface area (Å²) >= 11 is 0. The number of H-pyrrole nitrogens is 1. The van der Waals surface area contributed by atoms with Gasteiger partial charge in [0.05, 0.1) is 5.56 Å². The lowest BCUT2D eigenvalue weighted by Crippen LogP contribution is -2.35. The molecule has 10 heteroatoms. The Morgan fingerprint density at radius 2 is 1.55 bits per heavy atom. The largest absolute Gasteiger partial charge is 0.416 e. The van der Waals surface area contributed by atoms with Crippen LogP contribution in [0.2, 0.25) is 0 Å². The number of benzene rings is 2. The zero-order valence-electron chi connectivity index (χ0n) is 17.4. The second-order valence-electron chi connectivity index (χ2n) is 8.45. The van der Waals surface area contributed by atoms with Gasteiger partial charge in [0, 0.05) is 49.7 Å². The molecule has 5 rings (SSSR count). The molecule has 1 aromatic heterocycles. The highest BCUT2D eigenvalue weighted by Crippen LogP contribution is 2.32. The third-order valence-corrected chi connectivity index (χ3v) is 6.30. The number of hydrogen-bond acceptors (Lipinski definition) is 4. The predicted octanol–water partition coefficient (Wildman–Crippen LogP) is 3.22. The first kappa shape index (κ1) is 21.2. The van der Waals surface area contributed by atoms with E-state index in [9.17, 15) is 22.8 Å². The summed E-state index contributed by atoms with van der Waals surface area (Å²) in [6.45, 7) is 2.25. The van der Waals surface area contributed by atoms with Crippen LogP contribution in [0.1, 0.15) is 21.5 Å². The lowest BCUT2D eigenvalue weighted by molar-refractivity contribution is -0.137. The molecule has 2 saturated heterocycles. The van der Waals surface area contributed by atoms with E-state index < -0.39 is 11.7 Å². The van der Waals surface area contributed by atoms with Crippen molar-refractivity contribution >= 4 is 28.9 Å². The molecule has 33 heavy (non-hydrogen) atoms. The fraction of sp³-hybridized carbons (Fsp3) is 0.304. The molecule has 3 aromatic rings. The van der Waals surface area contributed by atoms with Crippen molar-refractivity contribution in [3.63, 3.8) is 0 Å². The Balaban J connectivity index is 1.17. The van der Waals surface area contributed by atoms with E-state index in [4.69, 9.17) is 0 Å². The van der Waals surface area contributed by atoms with Crippen LogP contribution in [0, 0.1) is 11.8 Å². The van der Waals surface area contributed by atoms with Crippen LogP contribution in [0.3, 0.4) is 0 Å². The Labute approximate surface area is 186 Å². The molecule has 2 aromatic carbocycles. The molecule has 0 radical (unpaired) electrons. The van der Waals surface area contributed by atoms with Crippen LogP contribution in [0.4, 0.5) is 13.2 Å². The molecular formula is C23H20F3N5O2. The molecular weight excluding hydrogens is 435 g/mol. The Bertz CT molecular complexity index is 1220. The Kier molecular flexibility index (Phi) is 5.15. The summed E-state index contributed by atoms with van der Waals surface area (Å²) in [6, 6.07) is 9.88. The molecule has 2 aliphatic rings. The van der Waals surface area contributed by atoms with Crippen molar-refractivity contribution in [3.05, 3.63) is 65.2 Å². The van der Waals surface area contributed by atoms with Crippen molar-refractivity contribution < 1.29 is 22.8 Å². The van der Waals surface area contributed by atoms with Gasteiger partial charge in [-0.2, -0.15) is 28.6 Å². The molecule has 3 heterocycles. The van der Waals surface area contributed by atoms with Crippen LogP contribution in [-0.4, -0.2) is 63.2 Å².